The number of nitrogens with one attached hydrogen (secondary N) is 2. The molecule has 0 saturated heterocycles. The quantitative estimate of drug-likeness (QED) is 0.730. The number of rotatable bonds is 5. The van der Waals surface area contributed by atoms with Crippen LogP contribution in [0.25, 0.3) is 10.9 Å². The molecule has 4 N–H and O–H groups in total. The lowest BCUT2D eigenvalue weighted by molar-refractivity contribution is 0.576. The van der Waals surface area contributed by atoms with Crippen molar-refractivity contribution in [1.82, 2.24) is 9.71 Å². The lowest BCUT2D eigenvalue weighted by atomic mass is 10.2. The Hall–Kier alpha value is -1.53. The van der Waals surface area contributed by atoms with Gasteiger partial charge >= 0.3 is 0 Å². The summed E-state index contributed by atoms with van der Waals surface area (Å²) in [7, 11) is -3.46. The summed E-state index contributed by atoms with van der Waals surface area (Å²) in [5.41, 5.74) is 7.05. The lowest BCUT2D eigenvalue weighted by Crippen LogP contribution is -2.24. The molecular formula is C13H17N3O2S. The monoisotopic (exact) mass is 279 g/mol. The second kappa shape index (κ2) is 4.54. The Balaban J connectivity index is 1.86. The molecule has 0 spiro atoms. The van der Waals surface area contributed by atoms with E-state index in [1.54, 1.807) is 18.2 Å². The molecule has 0 unspecified atom stereocenters. The van der Waals surface area contributed by atoms with Gasteiger partial charge in [-0.1, -0.05) is 12.8 Å². The van der Waals surface area contributed by atoms with Crippen molar-refractivity contribution in [2.24, 2.45) is 5.92 Å². The Bertz CT molecular complexity index is 702. The van der Waals surface area contributed by atoms with Gasteiger partial charge in [-0.3, -0.25) is 0 Å². The molecule has 1 saturated carbocycles. The first-order valence-electron chi connectivity index (χ1n) is 6.42. The van der Waals surface area contributed by atoms with Crippen molar-refractivity contribution in [2.45, 2.75) is 24.2 Å². The summed E-state index contributed by atoms with van der Waals surface area (Å²) in [4.78, 5) is 3.23. The molecule has 1 aromatic heterocycles. The van der Waals surface area contributed by atoms with Crippen LogP contribution in [0.15, 0.2) is 29.3 Å². The van der Waals surface area contributed by atoms with Gasteiger partial charge in [-0.25, -0.2) is 13.1 Å². The molecule has 6 heteroatoms. The van der Waals surface area contributed by atoms with Gasteiger partial charge in [0.15, 0.2) is 0 Å². The Morgan fingerprint density at radius 1 is 1.37 bits per heavy atom. The highest BCUT2D eigenvalue weighted by molar-refractivity contribution is 7.89. The summed E-state index contributed by atoms with van der Waals surface area (Å²) >= 11 is 0. The molecule has 1 fully saturated rings. The van der Waals surface area contributed by atoms with Gasteiger partial charge in [-0.05, 0) is 30.5 Å². The average molecular weight is 279 g/mol. The summed E-state index contributed by atoms with van der Waals surface area (Å²) in [5.74, 6) is 0.710. The first-order valence-corrected chi connectivity index (χ1v) is 7.91. The van der Waals surface area contributed by atoms with Crippen molar-refractivity contribution in [1.29, 1.82) is 0 Å². The van der Waals surface area contributed by atoms with E-state index in [2.05, 4.69) is 9.71 Å². The Kier molecular flexibility index (Phi) is 2.99. The zero-order chi connectivity index (χ0) is 13.5. The van der Waals surface area contributed by atoms with Crippen molar-refractivity contribution >= 4 is 26.6 Å². The second-order valence-corrected chi connectivity index (χ2v) is 6.82. The van der Waals surface area contributed by atoms with Gasteiger partial charge < -0.3 is 10.7 Å². The fourth-order valence-corrected chi connectivity index (χ4v) is 3.43. The van der Waals surface area contributed by atoms with E-state index in [0.29, 0.717) is 23.5 Å². The molecule has 19 heavy (non-hydrogen) atoms. The molecule has 1 aliphatic carbocycles. The molecule has 0 atom stereocenters. The third kappa shape index (κ3) is 2.59. The third-order valence-electron chi connectivity index (χ3n) is 3.50. The van der Waals surface area contributed by atoms with Crippen LogP contribution in [0, 0.1) is 5.92 Å². The van der Waals surface area contributed by atoms with E-state index in [0.717, 1.165) is 11.9 Å². The number of benzene rings is 1. The minimum Gasteiger partial charge on any atom is -0.399 e. The van der Waals surface area contributed by atoms with Crippen LogP contribution in [-0.2, 0) is 10.0 Å². The summed E-state index contributed by atoms with van der Waals surface area (Å²) in [6, 6.07) is 5.21. The number of fused-ring (bicyclic) bond motifs is 1. The number of sulfonamides is 1. The molecule has 2 aromatic rings. The molecular weight excluding hydrogens is 262 g/mol. The van der Waals surface area contributed by atoms with E-state index in [1.165, 1.54) is 19.0 Å². The largest absolute Gasteiger partial charge is 0.399 e. The third-order valence-corrected chi connectivity index (χ3v) is 5.00. The zero-order valence-electron chi connectivity index (χ0n) is 10.5. The minimum absolute atomic E-state index is 0.269. The standard InChI is InChI=1S/C13H17N3O2S/c14-10-3-4-12-11(7-10)13(8-15-12)19(17,18)16-6-5-9-1-2-9/h3-4,7-9,15-16H,1-2,5-6,14H2. The van der Waals surface area contributed by atoms with Gasteiger partial charge in [0.05, 0.1) is 0 Å². The fraction of sp³-hybridized carbons (Fsp3) is 0.385. The number of hydrogen-bond donors (Lipinski definition) is 3. The van der Waals surface area contributed by atoms with Crippen LogP contribution in [0.5, 0.6) is 0 Å². The van der Waals surface area contributed by atoms with Crippen LogP contribution in [0.4, 0.5) is 5.69 Å². The Labute approximate surface area is 112 Å². The molecule has 5 nitrogen and oxygen atoms in total. The number of H-pyrrole nitrogens is 1. The van der Waals surface area contributed by atoms with E-state index in [4.69, 9.17) is 5.73 Å². The van der Waals surface area contributed by atoms with Gasteiger partial charge in [0.1, 0.15) is 4.90 Å². The molecule has 1 heterocycles. The number of nitrogen functional groups attached to an aromatic ring is 1. The fourth-order valence-electron chi connectivity index (χ4n) is 2.22. The topological polar surface area (TPSA) is 88.0 Å². The highest BCUT2D eigenvalue weighted by Gasteiger charge is 2.23. The molecule has 0 amide bonds. The predicted octanol–water partition coefficient (Wildman–Crippen LogP) is 1.83. The van der Waals surface area contributed by atoms with Crippen molar-refractivity contribution in [3.05, 3.63) is 24.4 Å². The SMILES string of the molecule is Nc1ccc2[nH]cc(S(=O)(=O)NCCC3CC3)c2c1. The molecule has 0 radical (unpaired) electrons. The Morgan fingerprint density at radius 2 is 2.16 bits per heavy atom. The van der Waals surface area contributed by atoms with E-state index in [9.17, 15) is 8.42 Å². The van der Waals surface area contributed by atoms with E-state index >= 15 is 0 Å². The van der Waals surface area contributed by atoms with Crippen LogP contribution >= 0.6 is 0 Å². The zero-order valence-corrected chi connectivity index (χ0v) is 11.3. The second-order valence-electron chi connectivity index (χ2n) is 5.09. The molecule has 0 bridgehead atoms. The van der Waals surface area contributed by atoms with Gasteiger partial charge in [0, 0.05) is 29.3 Å². The van der Waals surface area contributed by atoms with E-state index in [1.807, 2.05) is 0 Å². The van der Waals surface area contributed by atoms with Crippen molar-refractivity contribution in [3.8, 4) is 0 Å². The predicted molar refractivity (Wildman–Crippen MR) is 75.2 cm³/mol. The Morgan fingerprint density at radius 3 is 2.89 bits per heavy atom. The van der Waals surface area contributed by atoms with Crippen LogP contribution in [0.3, 0.4) is 0 Å². The number of nitrogens with two attached hydrogens (primary N) is 1. The van der Waals surface area contributed by atoms with Gasteiger partial charge in [0.2, 0.25) is 10.0 Å². The van der Waals surface area contributed by atoms with Crippen LogP contribution in [-0.4, -0.2) is 19.9 Å². The summed E-state index contributed by atoms with van der Waals surface area (Å²) in [6.07, 6.45) is 4.89. The lowest BCUT2D eigenvalue weighted by Gasteiger charge is -2.05. The molecule has 1 aliphatic rings. The number of aromatic amines is 1. The molecule has 0 aliphatic heterocycles. The highest BCUT2D eigenvalue weighted by Crippen LogP contribution is 2.32. The van der Waals surface area contributed by atoms with Crippen LogP contribution < -0.4 is 10.5 Å². The maximum absolute atomic E-state index is 12.2. The summed E-state index contributed by atoms with van der Waals surface area (Å²) < 4.78 is 27.2. The maximum Gasteiger partial charge on any atom is 0.242 e. The molecule has 1 aromatic carbocycles. The summed E-state index contributed by atoms with van der Waals surface area (Å²) in [6.45, 7) is 0.502. The van der Waals surface area contributed by atoms with Gasteiger partial charge in [0.25, 0.3) is 0 Å². The molecule has 102 valence electrons. The summed E-state index contributed by atoms with van der Waals surface area (Å²) in [5, 5.41) is 0.638. The first-order chi connectivity index (χ1) is 9.06. The van der Waals surface area contributed by atoms with Crippen LogP contribution in [0.1, 0.15) is 19.3 Å². The normalized spacial score (nSPS) is 16.0. The number of anilines is 1. The number of aromatic nitrogens is 1. The van der Waals surface area contributed by atoms with Crippen molar-refractivity contribution in [2.75, 3.05) is 12.3 Å². The maximum atomic E-state index is 12.2. The van der Waals surface area contributed by atoms with E-state index < -0.39 is 10.0 Å². The van der Waals surface area contributed by atoms with Crippen molar-refractivity contribution < 1.29 is 8.42 Å². The minimum atomic E-state index is -3.46. The van der Waals surface area contributed by atoms with Gasteiger partial charge in [-0.2, -0.15) is 0 Å². The number of hydrogen-bond acceptors (Lipinski definition) is 3. The molecule has 3 rings (SSSR count). The first kappa shape index (κ1) is 12.5. The highest BCUT2D eigenvalue weighted by atomic mass is 32.2. The van der Waals surface area contributed by atoms with Crippen LogP contribution in [0.2, 0.25) is 0 Å². The van der Waals surface area contributed by atoms with E-state index in [-0.39, 0.29) is 4.90 Å². The smallest absolute Gasteiger partial charge is 0.242 e. The van der Waals surface area contributed by atoms with Gasteiger partial charge in [-0.15, -0.1) is 0 Å². The average Bonchev–Trinajstić information content (AvgIpc) is 3.06. The van der Waals surface area contributed by atoms with Crippen molar-refractivity contribution in [3.63, 3.8) is 0 Å².